The third-order valence-corrected chi connectivity index (χ3v) is 7.78. The predicted octanol–water partition coefficient (Wildman–Crippen LogP) is 1.25. The van der Waals surface area contributed by atoms with Gasteiger partial charge in [0.1, 0.15) is 23.7 Å². The minimum atomic E-state index is -1.12. The predicted molar refractivity (Wildman–Crippen MR) is 111 cm³/mol. The largest absolute Gasteiger partial charge is 0.315 e. The number of quaternary nitrogens is 1. The molecule has 4 aliphatic heterocycles. The van der Waals surface area contributed by atoms with Crippen molar-refractivity contribution in [1.82, 2.24) is 0 Å². The summed E-state index contributed by atoms with van der Waals surface area (Å²) >= 11 is 0. The maximum Gasteiger partial charge on any atom is 0.294 e. The third kappa shape index (κ3) is 2.03. The molecule has 3 fully saturated rings. The second-order valence-electron chi connectivity index (χ2n) is 8.87. The van der Waals surface area contributed by atoms with Crippen LogP contribution in [0.15, 0.2) is 48.5 Å². The van der Waals surface area contributed by atoms with Gasteiger partial charge in [-0.15, -0.1) is 0 Å². The first-order valence-electron chi connectivity index (χ1n) is 10.9. The number of imide groups is 1. The number of anilines is 2. The maximum atomic E-state index is 14.6. The van der Waals surface area contributed by atoms with E-state index in [9.17, 15) is 18.8 Å². The van der Waals surface area contributed by atoms with Gasteiger partial charge < -0.3 is 9.80 Å². The Labute approximate surface area is 179 Å². The number of halogens is 1. The molecule has 5 atom stereocenters. The van der Waals surface area contributed by atoms with Crippen LogP contribution in [0.4, 0.5) is 15.8 Å². The second-order valence-corrected chi connectivity index (χ2v) is 8.87. The van der Waals surface area contributed by atoms with Crippen LogP contribution < -0.4 is 14.7 Å². The lowest BCUT2D eigenvalue weighted by atomic mass is 9.75. The van der Waals surface area contributed by atoms with E-state index in [1.807, 2.05) is 31.2 Å². The molecule has 2 aromatic carbocycles. The molecule has 0 aliphatic carbocycles. The van der Waals surface area contributed by atoms with E-state index in [0.29, 0.717) is 6.54 Å². The van der Waals surface area contributed by atoms with E-state index >= 15 is 0 Å². The lowest BCUT2D eigenvalue weighted by Gasteiger charge is -2.34. The van der Waals surface area contributed by atoms with Gasteiger partial charge in [-0.05, 0) is 25.1 Å². The van der Waals surface area contributed by atoms with Gasteiger partial charge in [-0.25, -0.2) is 9.29 Å². The van der Waals surface area contributed by atoms with Crippen LogP contribution in [0.1, 0.15) is 25.3 Å². The van der Waals surface area contributed by atoms with Crippen molar-refractivity contribution in [1.29, 1.82) is 0 Å². The topological polar surface area (TPSA) is 62.1 Å². The van der Waals surface area contributed by atoms with Gasteiger partial charge in [0.15, 0.2) is 0 Å². The first kappa shape index (κ1) is 18.7. The summed E-state index contributed by atoms with van der Waals surface area (Å²) < 4.78 is 14.6. The molecule has 7 heteroatoms. The van der Waals surface area contributed by atoms with Crippen molar-refractivity contribution in [2.45, 2.75) is 31.3 Å². The van der Waals surface area contributed by atoms with Gasteiger partial charge in [0.05, 0.1) is 17.9 Å². The Balaban J connectivity index is 1.59. The Hall–Kier alpha value is -3.06. The van der Waals surface area contributed by atoms with Crippen LogP contribution in [0.3, 0.4) is 0 Å². The SMILES string of the molecule is CCN1C(=O)[C@@]2(c3ccccc31)[C@@H]1C(=O)N(c3ccccc3F)C(=O)[C@@H]1[C@@H]1CCC[NH+]12. The van der Waals surface area contributed by atoms with Crippen LogP contribution >= 0.6 is 0 Å². The van der Waals surface area contributed by atoms with Crippen LogP contribution in [0.2, 0.25) is 0 Å². The minimum absolute atomic E-state index is 0.0207. The van der Waals surface area contributed by atoms with E-state index in [4.69, 9.17) is 0 Å². The number of amides is 3. The molecular formula is C24H23FN3O3+. The molecule has 0 radical (unpaired) electrons. The average molecular weight is 420 g/mol. The summed E-state index contributed by atoms with van der Waals surface area (Å²) in [6.07, 6.45) is 1.68. The normalized spacial score (nSPS) is 33.4. The highest BCUT2D eigenvalue weighted by Gasteiger charge is 2.79. The molecular weight excluding hydrogens is 397 g/mol. The highest BCUT2D eigenvalue weighted by atomic mass is 19.1. The standard InChI is InChI=1S/C24H22FN3O3/c1-2-26-16-10-5-3-8-14(16)24(23(26)31)20-19(18-12-7-13-27(18)24)21(29)28(22(20)30)17-11-6-4-9-15(17)25/h3-6,8-11,18-20H,2,7,12-13H2,1H3/p+1/t18-,19+,20-,24+/m0/s1. The Bertz CT molecular complexity index is 1150. The average Bonchev–Trinajstić information content (AvgIpc) is 3.47. The molecule has 31 heavy (non-hydrogen) atoms. The molecule has 4 aliphatic rings. The van der Waals surface area contributed by atoms with Crippen LogP contribution in [-0.4, -0.2) is 36.9 Å². The number of nitrogens with one attached hydrogen (secondary N) is 1. The fourth-order valence-corrected chi connectivity index (χ4v) is 6.78. The number of carbonyl (C=O) groups excluding carboxylic acids is 3. The van der Waals surface area contributed by atoms with Gasteiger partial charge in [0.2, 0.25) is 17.4 Å². The molecule has 3 amide bonds. The highest BCUT2D eigenvalue weighted by molar-refractivity contribution is 6.25. The first-order chi connectivity index (χ1) is 15.0. The van der Waals surface area contributed by atoms with Gasteiger partial charge in [-0.3, -0.25) is 14.4 Å². The number of carbonyl (C=O) groups is 3. The lowest BCUT2D eigenvalue weighted by Crippen LogP contribution is -3.20. The van der Waals surface area contributed by atoms with E-state index in [0.717, 1.165) is 40.4 Å². The Morgan fingerprint density at radius 1 is 1.03 bits per heavy atom. The van der Waals surface area contributed by atoms with Crippen LogP contribution in [0, 0.1) is 17.7 Å². The third-order valence-electron chi connectivity index (χ3n) is 7.78. The zero-order valence-corrected chi connectivity index (χ0v) is 17.2. The maximum absolute atomic E-state index is 14.6. The van der Waals surface area contributed by atoms with Crippen molar-refractivity contribution >= 4 is 29.1 Å². The zero-order chi connectivity index (χ0) is 21.5. The van der Waals surface area contributed by atoms with Crippen LogP contribution in [0.5, 0.6) is 0 Å². The summed E-state index contributed by atoms with van der Waals surface area (Å²) in [5.41, 5.74) is 0.504. The number of nitrogens with zero attached hydrogens (tertiary/aromatic N) is 2. The Morgan fingerprint density at radius 3 is 2.48 bits per heavy atom. The fraction of sp³-hybridized carbons (Fsp3) is 0.375. The molecule has 0 saturated carbocycles. The number of hydrogen-bond donors (Lipinski definition) is 1. The van der Waals surface area contributed by atoms with Crippen molar-refractivity contribution in [2.24, 2.45) is 11.8 Å². The number of benzene rings is 2. The highest BCUT2D eigenvalue weighted by Crippen LogP contribution is 2.53. The van der Waals surface area contributed by atoms with E-state index in [1.54, 1.807) is 11.0 Å². The first-order valence-corrected chi connectivity index (χ1v) is 10.9. The van der Waals surface area contributed by atoms with Crippen LogP contribution in [0.25, 0.3) is 0 Å². The van der Waals surface area contributed by atoms with Gasteiger partial charge in [0.25, 0.3) is 5.91 Å². The molecule has 1 spiro atoms. The van der Waals surface area contributed by atoms with Gasteiger partial charge in [-0.2, -0.15) is 0 Å². The van der Waals surface area contributed by atoms with Crippen molar-refractivity contribution in [3.05, 3.63) is 59.9 Å². The van der Waals surface area contributed by atoms with Crippen molar-refractivity contribution in [3.8, 4) is 0 Å². The van der Waals surface area contributed by atoms with Crippen LogP contribution in [-0.2, 0) is 19.9 Å². The van der Waals surface area contributed by atoms with E-state index in [1.165, 1.54) is 18.2 Å². The van der Waals surface area contributed by atoms with Gasteiger partial charge >= 0.3 is 0 Å². The summed E-state index contributed by atoms with van der Waals surface area (Å²) in [7, 11) is 0. The van der Waals surface area contributed by atoms with Gasteiger partial charge in [0, 0.05) is 24.9 Å². The van der Waals surface area contributed by atoms with Gasteiger partial charge in [-0.1, -0.05) is 30.3 Å². The molecule has 0 aromatic heterocycles. The summed E-state index contributed by atoms with van der Waals surface area (Å²) in [5, 5.41) is 0. The zero-order valence-electron chi connectivity index (χ0n) is 17.2. The number of likely N-dealkylation sites (N-methyl/N-ethyl adjacent to an activating group) is 1. The minimum Gasteiger partial charge on any atom is -0.315 e. The summed E-state index contributed by atoms with van der Waals surface area (Å²) in [6.45, 7) is 3.16. The Morgan fingerprint density at radius 2 is 1.74 bits per heavy atom. The molecule has 1 unspecified atom stereocenters. The molecule has 1 N–H and O–H groups in total. The number of para-hydroxylation sites is 2. The molecule has 0 bridgehead atoms. The summed E-state index contributed by atoms with van der Waals surface area (Å²) in [5.74, 6) is -2.97. The summed E-state index contributed by atoms with van der Waals surface area (Å²) in [4.78, 5) is 45.2. The van der Waals surface area contributed by atoms with Crippen molar-refractivity contribution in [2.75, 3.05) is 22.9 Å². The van der Waals surface area contributed by atoms with Crippen molar-refractivity contribution < 1.29 is 23.7 Å². The molecule has 2 aromatic rings. The van der Waals surface area contributed by atoms with E-state index in [2.05, 4.69) is 0 Å². The van der Waals surface area contributed by atoms with E-state index in [-0.39, 0.29) is 23.5 Å². The number of rotatable bonds is 2. The number of hydrogen-bond acceptors (Lipinski definition) is 3. The second kappa shape index (κ2) is 6.23. The van der Waals surface area contributed by atoms with E-state index < -0.39 is 29.1 Å². The summed E-state index contributed by atoms with van der Waals surface area (Å²) in [6, 6.07) is 13.4. The lowest BCUT2D eigenvalue weighted by molar-refractivity contribution is -0.948. The molecule has 6 nitrogen and oxygen atoms in total. The Kier molecular flexibility index (Phi) is 3.76. The molecule has 158 valence electrons. The quantitative estimate of drug-likeness (QED) is 0.744. The monoisotopic (exact) mass is 420 g/mol. The fourth-order valence-electron chi connectivity index (χ4n) is 6.78. The molecule has 3 saturated heterocycles. The molecule has 4 heterocycles. The van der Waals surface area contributed by atoms with Crippen molar-refractivity contribution in [3.63, 3.8) is 0 Å². The molecule has 6 rings (SSSR count). The number of fused-ring (bicyclic) bond motifs is 7. The smallest absolute Gasteiger partial charge is 0.294 e.